The number of hydrogen-bond donors (Lipinski definition) is 2. The first-order chi connectivity index (χ1) is 13.1. The van der Waals surface area contributed by atoms with Crippen LogP contribution < -0.4 is 10.2 Å². The Kier molecular flexibility index (Phi) is 6.35. The summed E-state index contributed by atoms with van der Waals surface area (Å²) in [5, 5.41) is 13.4. The largest absolute Gasteiger partial charge is 0.508 e. The molecule has 5 heteroatoms. The van der Waals surface area contributed by atoms with Gasteiger partial charge in [0.2, 0.25) is 0 Å². The molecule has 5 nitrogen and oxygen atoms in total. The monoisotopic (exact) mass is 367 g/mol. The summed E-state index contributed by atoms with van der Waals surface area (Å²) in [5.41, 5.74) is 2.73. The molecule has 0 atom stereocenters. The molecule has 1 aliphatic rings. The summed E-state index contributed by atoms with van der Waals surface area (Å²) < 4.78 is 0. The fraction of sp³-hybridized carbons (Fsp3) is 0.409. The maximum Gasteiger partial charge on any atom is 0.253 e. The van der Waals surface area contributed by atoms with Gasteiger partial charge in [-0.25, -0.2) is 0 Å². The van der Waals surface area contributed by atoms with Crippen LogP contribution in [-0.4, -0.2) is 48.1 Å². The van der Waals surface area contributed by atoms with Gasteiger partial charge in [-0.3, -0.25) is 4.79 Å². The van der Waals surface area contributed by atoms with Crippen LogP contribution in [0.3, 0.4) is 0 Å². The molecule has 2 N–H and O–H groups in total. The van der Waals surface area contributed by atoms with Crippen molar-refractivity contribution in [2.75, 3.05) is 31.1 Å². The summed E-state index contributed by atoms with van der Waals surface area (Å²) in [6.45, 7) is 7.38. The lowest BCUT2D eigenvalue weighted by atomic mass is 10.0. The van der Waals surface area contributed by atoms with Gasteiger partial charge in [-0.15, -0.1) is 0 Å². The quantitative estimate of drug-likeness (QED) is 0.816. The van der Waals surface area contributed by atoms with Crippen LogP contribution in [0.15, 0.2) is 48.5 Å². The van der Waals surface area contributed by atoms with E-state index >= 15 is 0 Å². The van der Waals surface area contributed by atoms with Crippen LogP contribution in [0.4, 0.5) is 11.4 Å². The van der Waals surface area contributed by atoms with Gasteiger partial charge in [0, 0.05) is 42.1 Å². The average Bonchev–Trinajstić information content (AvgIpc) is 2.70. The van der Waals surface area contributed by atoms with Crippen molar-refractivity contribution in [2.45, 2.75) is 32.7 Å². The highest BCUT2D eigenvalue weighted by Gasteiger charge is 2.23. The number of anilines is 2. The molecule has 1 saturated heterocycles. The highest BCUT2D eigenvalue weighted by molar-refractivity contribution is 5.94. The molecule has 0 spiro atoms. The Morgan fingerprint density at radius 3 is 2.30 bits per heavy atom. The van der Waals surface area contributed by atoms with Crippen LogP contribution in [0.5, 0.6) is 5.75 Å². The van der Waals surface area contributed by atoms with Gasteiger partial charge in [-0.05, 0) is 76.2 Å². The van der Waals surface area contributed by atoms with Crippen molar-refractivity contribution in [3.63, 3.8) is 0 Å². The molecule has 1 fully saturated rings. The number of aromatic hydroxyl groups is 1. The van der Waals surface area contributed by atoms with Gasteiger partial charge in [-0.1, -0.05) is 6.07 Å². The number of amides is 1. The number of phenols is 1. The minimum Gasteiger partial charge on any atom is -0.508 e. The minimum atomic E-state index is 0.0670. The molecule has 0 saturated carbocycles. The van der Waals surface area contributed by atoms with E-state index in [0.717, 1.165) is 37.3 Å². The van der Waals surface area contributed by atoms with E-state index in [1.165, 1.54) is 0 Å². The fourth-order valence-corrected chi connectivity index (χ4v) is 3.74. The second-order valence-corrected chi connectivity index (χ2v) is 6.90. The Morgan fingerprint density at radius 1 is 1.04 bits per heavy atom. The van der Waals surface area contributed by atoms with E-state index in [1.807, 2.05) is 55.1 Å². The Hall–Kier alpha value is -2.53. The second kappa shape index (κ2) is 8.91. The molecule has 0 unspecified atom stereocenters. The number of rotatable bonds is 6. The van der Waals surface area contributed by atoms with Crippen LogP contribution in [0, 0.1) is 0 Å². The lowest BCUT2D eigenvalue weighted by Crippen LogP contribution is -2.40. The van der Waals surface area contributed by atoms with Crippen molar-refractivity contribution < 1.29 is 9.90 Å². The molecule has 1 amide bonds. The van der Waals surface area contributed by atoms with Crippen molar-refractivity contribution in [1.82, 2.24) is 10.2 Å². The predicted molar refractivity (Wildman–Crippen MR) is 110 cm³/mol. The fourth-order valence-electron chi connectivity index (χ4n) is 3.74. The van der Waals surface area contributed by atoms with Gasteiger partial charge in [0.1, 0.15) is 5.75 Å². The Balaban J connectivity index is 1.91. The van der Waals surface area contributed by atoms with Gasteiger partial charge in [-0.2, -0.15) is 0 Å². The molecule has 0 aromatic heterocycles. The third kappa shape index (κ3) is 4.42. The number of nitrogens with one attached hydrogen (secondary N) is 1. The molecular weight excluding hydrogens is 338 g/mol. The highest BCUT2D eigenvalue weighted by Crippen LogP contribution is 2.33. The summed E-state index contributed by atoms with van der Waals surface area (Å²) in [5.74, 6) is 0.331. The van der Waals surface area contributed by atoms with Crippen LogP contribution >= 0.6 is 0 Å². The summed E-state index contributed by atoms with van der Waals surface area (Å²) >= 11 is 0. The molecule has 1 aliphatic heterocycles. The third-order valence-electron chi connectivity index (χ3n) is 5.22. The molecule has 3 rings (SSSR count). The van der Waals surface area contributed by atoms with Gasteiger partial charge in [0.25, 0.3) is 5.91 Å². The van der Waals surface area contributed by atoms with Crippen molar-refractivity contribution in [3.8, 4) is 5.75 Å². The number of phenolic OH excluding ortho intramolecular Hbond substituents is 1. The summed E-state index contributed by atoms with van der Waals surface area (Å²) in [4.78, 5) is 16.7. The SMILES string of the molecule is CCN(CC)C(=O)c1ccc(N(c2cccc(O)c2)C2CCNCC2)cc1. The van der Waals surface area contributed by atoms with Crippen molar-refractivity contribution >= 4 is 17.3 Å². The molecule has 1 heterocycles. The zero-order valence-corrected chi connectivity index (χ0v) is 16.2. The summed E-state index contributed by atoms with van der Waals surface area (Å²) in [7, 11) is 0. The van der Waals surface area contributed by atoms with Crippen LogP contribution in [-0.2, 0) is 0 Å². The predicted octanol–water partition coefficient (Wildman–Crippen LogP) is 3.76. The number of nitrogens with zero attached hydrogens (tertiary/aromatic N) is 2. The maximum atomic E-state index is 12.6. The molecular formula is C22H29N3O2. The first kappa shape index (κ1) is 19.2. The normalized spacial score (nSPS) is 14.7. The van der Waals surface area contributed by atoms with E-state index in [0.29, 0.717) is 24.7 Å². The molecule has 144 valence electrons. The average molecular weight is 367 g/mol. The van der Waals surface area contributed by atoms with Crippen molar-refractivity contribution in [3.05, 3.63) is 54.1 Å². The van der Waals surface area contributed by atoms with Crippen LogP contribution in [0.1, 0.15) is 37.0 Å². The van der Waals surface area contributed by atoms with Gasteiger partial charge >= 0.3 is 0 Å². The number of carbonyl (C=O) groups excluding carboxylic acids is 1. The lowest BCUT2D eigenvalue weighted by molar-refractivity contribution is 0.0773. The zero-order valence-electron chi connectivity index (χ0n) is 16.2. The zero-order chi connectivity index (χ0) is 19.2. The van der Waals surface area contributed by atoms with Crippen LogP contribution in [0.2, 0.25) is 0 Å². The molecule has 0 aliphatic carbocycles. The van der Waals surface area contributed by atoms with E-state index in [9.17, 15) is 9.90 Å². The lowest BCUT2D eigenvalue weighted by Gasteiger charge is -2.36. The van der Waals surface area contributed by atoms with Crippen molar-refractivity contribution in [2.24, 2.45) is 0 Å². The second-order valence-electron chi connectivity index (χ2n) is 6.90. The minimum absolute atomic E-state index is 0.0670. The summed E-state index contributed by atoms with van der Waals surface area (Å²) in [6, 6.07) is 15.6. The van der Waals surface area contributed by atoms with Gasteiger partial charge < -0.3 is 20.2 Å². The van der Waals surface area contributed by atoms with E-state index in [-0.39, 0.29) is 11.7 Å². The topological polar surface area (TPSA) is 55.8 Å². The first-order valence-corrected chi connectivity index (χ1v) is 9.82. The standard InChI is InChI=1S/C22H29N3O2/c1-3-24(4-2)22(27)17-8-10-18(11-9-17)25(19-12-14-23-15-13-19)20-6-5-7-21(26)16-20/h5-11,16,19,23,26H,3-4,12-15H2,1-2H3. The first-order valence-electron chi connectivity index (χ1n) is 9.82. The van der Waals surface area contributed by atoms with Gasteiger partial charge in [0.05, 0.1) is 0 Å². The highest BCUT2D eigenvalue weighted by atomic mass is 16.3. The van der Waals surface area contributed by atoms with Gasteiger partial charge in [0.15, 0.2) is 0 Å². The van der Waals surface area contributed by atoms with E-state index in [1.54, 1.807) is 12.1 Å². The number of piperidine rings is 1. The Bertz CT molecular complexity index is 750. The third-order valence-corrected chi connectivity index (χ3v) is 5.22. The molecule has 2 aromatic carbocycles. The smallest absolute Gasteiger partial charge is 0.253 e. The van der Waals surface area contributed by atoms with E-state index < -0.39 is 0 Å². The summed E-state index contributed by atoms with van der Waals surface area (Å²) in [6.07, 6.45) is 2.07. The van der Waals surface area contributed by atoms with Crippen LogP contribution in [0.25, 0.3) is 0 Å². The van der Waals surface area contributed by atoms with E-state index in [2.05, 4.69) is 10.2 Å². The molecule has 0 bridgehead atoms. The molecule has 0 radical (unpaired) electrons. The van der Waals surface area contributed by atoms with Crippen molar-refractivity contribution in [1.29, 1.82) is 0 Å². The molecule has 2 aromatic rings. The Labute approximate surface area is 161 Å². The number of hydrogen-bond acceptors (Lipinski definition) is 4. The number of carbonyl (C=O) groups is 1. The van der Waals surface area contributed by atoms with E-state index in [4.69, 9.17) is 0 Å². The Morgan fingerprint density at radius 2 is 1.70 bits per heavy atom. The maximum absolute atomic E-state index is 12.6. The molecule has 27 heavy (non-hydrogen) atoms. The number of benzene rings is 2.